The Bertz CT molecular complexity index is 933. The van der Waals surface area contributed by atoms with Crippen LogP contribution in [-0.2, 0) is 4.79 Å². The van der Waals surface area contributed by atoms with Gasteiger partial charge in [0.2, 0.25) is 5.91 Å². The van der Waals surface area contributed by atoms with Gasteiger partial charge in [-0.3, -0.25) is 9.69 Å². The zero-order chi connectivity index (χ0) is 23.1. The molecule has 1 aliphatic rings. The zero-order valence-electron chi connectivity index (χ0n) is 17.3. The summed E-state index contributed by atoms with van der Waals surface area (Å²) in [5, 5.41) is 6.47. The molecule has 1 amide bonds. The van der Waals surface area contributed by atoms with Crippen molar-refractivity contribution in [1.29, 1.82) is 0 Å². The van der Waals surface area contributed by atoms with Crippen LogP contribution in [0.25, 0.3) is 0 Å². The molecule has 0 radical (unpaired) electrons. The molecule has 0 saturated carbocycles. The number of thiocarbonyl (C=S) groups is 1. The Morgan fingerprint density at radius 1 is 1.00 bits per heavy atom. The van der Waals surface area contributed by atoms with Crippen molar-refractivity contribution in [2.45, 2.75) is 6.36 Å². The van der Waals surface area contributed by atoms with Crippen LogP contribution in [0.15, 0.2) is 48.5 Å². The van der Waals surface area contributed by atoms with Crippen molar-refractivity contribution in [3.63, 3.8) is 0 Å². The molecule has 11 heteroatoms. The summed E-state index contributed by atoms with van der Waals surface area (Å²) < 4.78 is 45.7. The molecule has 3 rings (SSSR count). The molecule has 1 fully saturated rings. The van der Waals surface area contributed by atoms with Crippen molar-refractivity contribution < 1.29 is 27.4 Å². The third-order valence-electron chi connectivity index (χ3n) is 4.72. The molecule has 2 aromatic carbocycles. The van der Waals surface area contributed by atoms with Crippen LogP contribution < -0.4 is 20.1 Å². The maximum absolute atomic E-state index is 12.3. The topological polar surface area (TPSA) is 66.1 Å². The number of alkyl halides is 3. The van der Waals surface area contributed by atoms with Crippen molar-refractivity contribution >= 4 is 34.6 Å². The van der Waals surface area contributed by atoms with Crippen molar-refractivity contribution in [3.05, 3.63) is 48.5 Å². The molecule has 0 unspecified atom stereocenters. The van der Waals surface area contributed by atoms with E-state index < -0.39 is 6.36 Å². The number of piperazine rings is 1. The minimum Gasteiger partial charge on any atom is -0.497 e. The number of carbonyl (C=O) groups is 1. The lowest BCUT2D eigenvalue weighted by Gasteiger charge is -2.35. The summed E-state index contributed by atoms with van der Waals surface area (Å²) in [6, 6.07) is 12.5. The molecule has 32 heavy (non-hydrogen) atoms. The first kappa shape index (κ1) is 23.6. The van der Waals surface area contributed by atoms with E-state index in [-0.39, 0.29) is 18.2 Å². The Labute approximate surface area is 189 Å². The molecule has 7 nitrogen and oxygen atoms in total. The molecule has 1 aliphatic heterocycles. The van der Waals surface area contributed by atoms with Crippen LogP contribution in [-0.4, -0.2) is 67.0 Å². The first-order chi connectivity index (χ1) is 15.2. The third kappa shape index (κ3) is 7.27. The van der Waals surface area contributed by atoms with Crippen LogP contribution in [0, 0.1) is 0 Å². The van der Waals surface area contributed by atoms with Crippen molar-refractivity contribution in [1.82, 2.24) is 9.80 Å². The van der Waals surface area contributed by atoms with E-state index in [0.717, 1.165) is 23.6 Å². The first-order valence-electron chi connectivity index (χ1n) is 9.80. The lowest BCUT2D eigenvalue weighted by atomic mass is 10.3. The molecule has 0 spiro atoms. The van der Waals surface area contributed by atoms with Gasteiger partial charge in [0.15, 0.2) is 5.11 Å². The van der Waals surface area contributed by atoms with E-state index in [1.807, 2.05) is 34.1 Å². The van der Waals surface area contributed by atoms with E-state index in [0.29, 0.717) is 37.0 Å². The highest BCUT2D eigenvalue weighted by molar-refractivity contribution is 7.80. The Morgan fingerprint density at radius 3 is 2.31 bits per heavy atom. The molecule has 0 atom stereocenters. The fourth-order valence-electron chi connectivity index (χ4n) is 3.16. The fraction of sp³-hybridized carbons (Fsp3) is 0.333. The van der Waals surface area contributed by atoms with Gasteiger partial charge in [-0.15, -0.1) is 13.2 Å². The molecule has 1 heterocycles. The molecule has 2 N–H and O–H groups in total. The predicted octanol–water partition coefficient (Wildman–Crippen LogP) is 3.55. The lowest BCUT2D eigenvalue weighted by Crippen LogP contribution is -2.51. The largest absolute Gasteiger partial charge is 0.573 e. The number of rotatable bonds is 6. The summed E-state index contributed by atoms with van der Waals surface area (Å²) in [7, 11) is 1.60. The number of carbonyl (C=O) groups excluding carboxylic acids is 1. The van der Waals surface area contributed by atoms with Crippen LogP contribution in [0.4, 0.5) is 24.5 Å². The minimum atomic E-state index is -4.75. The van der Waals surface area contributed by atoms with Gasteiger partial charge in [0, 0.05) is 43.6 Å². The Morgan fingerprint density at radius 2 is 1.69 bits per heavy atom. The summed E-state index contributed by atoms with van der Waals surface area (Å²) >= 11 is 5.49. The Kier molecular flexibility index (Phi) is 7.75. The average molecular weight is 469 g/mol. The van der Waals surface area contributed by atoms with Crippen molar-refractivity contribution in [2.75, 3.05) is 50.5 Å². The second-order valence-corrected chi connectivity index (χ2v) is 7.43. The van der Waals surface area contributed by atoms with Crippen molar-refractivity contribution in [2.24, 2.45) is 0 Å². The number of hydrogen-bond donors (Lipinski definition) is 2. The van der Waals surface area contributed by atoms with Gasteiger partial charge in [-0.25, -0.2) is 0 Å². The zero-order valence-corrected chi connectivity index (χ0v) is 18.1. The minimum absolute atomic E-state index is 0.171. The quantitative estimate of drug-likeness (QED) is 0.629. The van der Waals surface area contributed by atoms with Gasteiger partial charge in [0.25, 0.3) is 0 Å². The van der Waals surface area contributed by atoms with Gasteiger partial charge in [-0.05, 0) is 48.6 Å². The van der Waals surface area contributed by atoms with E-state index in [1.54, 1.807) is 7.11 Å². The molecule has 0 aliphatic carbocycles. The van der Waals surface area contributed by atoms with Gasteiger partial charge in [0.1, 0.15) is 11.5 Å². The summed E-state index contributed by atoms with van der Waals surface area (Å²) in [6.45, 7) is 2.78. The van der Waals surface area contributed by atoms with Crippen molar-refractivity contribution in [3.8, 4) is 11.5 Å². The second kappa shape index (κ2) is 10.5. The smallest absolute Gasteiger partial charge is 0.497 e. The fourth-order valence-corrected chi connectivity index (χ4v) is 3.46. The highest BCUT2D eigenvalue weighted by Gasteiger charge is 2.31. The van der Waals surface area contributed by atoms with Crippen LogP contribution in [0.5, 0.6) is 11.5 Å². The number of nitrogens with zero attached hydrogens (tertiary/aromatic N) is 2. The number of methoxy groups -OCH3 is 1. The number of amides is 1. The standard InChI is InChI=1S/C21H23F3N4O3S/c1-30-18-4-2-3-16(13-18)26-20(32)28-11-9-27(10-12-28)14-19(29)25-15-5-7-17(8-6-15)31-21(22,23)24/h2-8,13H,9-12,14H2,1H3,(H,25,29)(H,26,32). The predicted molar refractivity (Wildman–Crippen MR) is 119 cm³/mol. The van der Waals surface area contributed by atoms with E-state index in [2.05, 4.69) is 15.4 Å². The van der Waals surface area contributed by atoms with E-state index >= 15 is 0 Å². The van der Waals surface area contributed by atoms with Crippen LogP contribution in [0.3, 0.4) is 0 Å². The molecular formula is C21H23F3N4O3S. The molecule has 2 aromatic rings. The monoisotopic (exact) mass is 468 g/mol. The highest BCUT2D eigenvalue weighted by Crippen LogP contribution is 2.24. The van der Waals surface area contributed by atoms with Crippen LogP contribution >= 0.6 is 12.2 Å². The molecule has 0 bridgehead atoms. The number of nitrogens with one attached hydrogen (secondary N) is 2. The molecule has 172 valence electrons. The van der Waals surface area contributed by atoms with Gasteiger partial charge in [0.05, 0.1) is 13.7 Å². The van der Waals surface area contributed by atoms with Crippen LogP contribution in [0.1, 0.15) is 0 Å². The van der Waals surface area contributed by atoms with E-state index in [9.17, 15) is 18.0 Å². The molecule has 0 aromatic heterocycles. The highest BCUT2D eigenvalue weighted by atomic mass is 32.1. The van der Waals surface area contributed by atoms with Crippen LogP contribution in [0.2, 0.25) is 0 Å². The number of benzene rings is 2. The number of halogens is 3. The normalized spacial score (nSPS) is 14.6. The maximum Gasteiger partial charge on any atom is 0.573 e. The SMILES string of the molecule is COc1cccc(NC(=S)N2CCN(CC(=O)Nc3ccc(OC(F)(F)F)cc3)CC2)c1. The lowest BCUT2D eigenvalue weighted by molar-refractivity contribution is -0.274. The Hall–Kier alpha value is -3.05. The van der Waals surface area contributed by atoms with Gasteiger partial charge >= 0.3 is 6.36 Å². The first-order valence-corrected chi connectivity index (χ1v) is 10.2. The molecule has 1 saturated heterocycles. The van der Waals surface area contributed by atoms with E-state index in [4.69, 9.17) is 17.0 Å². The van der Waals surface area contributed by atoms with Gasteiger partial charge in [-0.1, -0.05) is 6.07 Å². The molecular weight excluding hydrogens is 445 g/mol. The number of ether oxygens (including phenoxy) is 2. The summed E-state index contributed by atoms with van der Waals surface area (Å²) in [4.78, 5) is 16.3. The van der Waals surface area contributed by atoms with Gasteiger partial charge < -0.3 is 25.0 Å². The summed E-state index contributed by atoms with van der Waals surface area (Å²) in [5.74, 6) is 0.140. The van der Waals surface area contributed by atoms with E-state index in [1.165, 1.54) is 12.1 Å². The third-order valence-corrected chi connectivity index (χ3v) is 5.08. The number of anilines is 2. The average Bonchev–Trinajstić information content (AvgIpc) is 2.74. The number of hydrogen-bond acceptors (Lipinski definition) is 5. The summed E-state index contributed by atoms with van der Waals surface area (Å²) in [5.41, 5.74) is 1.23. The maximum atomic E-state index is 12.3. The summed E-state index contributed by atoms with van der Waals surface area (Å²) in [6.07, 6.45) is -4.75. The van der Waals surface area contributed by atoms with Gasteiger partial charge in [-0.2, -0.15) is 0 Å². The Balaban J connectivity index is 1.42. The second-order valence-electron chi connectivity index (χ2n) is 7.05.